The van der Waals surface area contributed by atoms with Gasteiger partial charge in [0, 0.05) is 6.04 Å². The van der Waals surface area contributed by atoms with Crippen molar-refractivity contribution in [2.24, 2.45) is 0 Å². The first-order valence-electron chi connectivity index (χ1n) is 7.08. The Labute approximate surface area is 127 Å². The number of benzene rings is 1. The molecular formula is C15H18N2O3S. The zero-order chi connectivity index (χ0) is 14.9. The standard InChI is InChI=1S/C15H18N2O3S/c1-15(13(18)16-10-6-8-21-9-7-10)14(19)17-11-4-2-3-5-12(11)20-15/h2-5,10H,6-9H2,1H3,(H,16,18)(H,17,19)/t15-/m1/s1. The molecule has 112 valence electrons. The van der Waals surface area contributed by atoms with Crippen LogP contribution in [0.5, 0.6) is 5.75 Å². The average molecular weight is 306 g/mol. The molecule has 0 saturated carbocycles. The van der Waals surface area contributed by atoms with Crippen molar-refractivity contribution < 1.29 is 14.3 Å². The number of thioether (sulfide) groups is 1. The van der Waals surface area contributed by atoms with Crippen LogP contribution in [-0.2, 0) is 9.59 Å². The molecule has 0 bridgehead atoms. The van der Waals surface area contributed by atoms with Gasteiger partial charge in [0.2, 0.25) is 0 Å². The van der Waals surface area contributed by atoms with Crippen LogP contribution in [0.3, 0.4) is 0 Å². The molecule has 21 heavy (non-hydrogen) atoms. The highest BCUT2D eigenvalue weighted by Crippen LogP contribution is 2.33. The molecule has 2 N–H and O–H groups in total. The monoisotopic (exact) mass is 306 g/mol. The molecule has 0 unspecified atom stereocenters. The maximum absolute atomic E-state index is 12.5. The molecule has 6 heteroatoms. The zero-order valence-electron chi connectivity index (χ0n) is 11.8. The summed E-state index contributed by atoms with van der Waals surface area (Å²) in [4.78, 5) is 24.8. The second-order valence-electron chi connectivity index (χ2n) is 5.45. The molecule has 1 atom stereocenters. The fourth-order valence-electron chi connectivity index (χ4n) is 2.48. The number of carbonyl (C=O) groups excluding carboxylic acids is 2. The molecule has 0 aromatic heterocycles. The van der Waals surface area contributed by atoms with Crippen molar-refractivity contribution in [1.29, 1.82) is 0 Å². The Balaban J connectivity index is 1.76. The number of hydrogen-bond donors (Lipinski definition) is 2. The quantitative estimate of drug-likeness (QED) is 0.818. The minimum atomic E-state index is -1.51. The molecule has 1 aromatic carbocycles. The SMILES string of the molecule is C[C@]1(C(=O)NC2CCSCC2)Oc2ccccc2NC1=O. The Morgan fingerprint density at radius 3 is 2.86 bits per heavy atom. The van der Waals surface area contributed by atoms with Crippen molar-refractivity contribution in [3.63, 3.8) is 0 Å². The Hall–Kier alpha value is -1.69. The van der Waals surface area contributed by atoms with Gasteiger partial charge in [0.15, 0.2) is 0 Å². The number of anilines is 1. The molecule has 5 nitrogen and oxygen atoms in total. The van der Waals surface area contributed by atoms with Crippen LogP contribution in [0.15, 0.2) is 24.3 Å². The molecule has 2 heterocycles. The van der Waals surface area contributed by atoms with E-state index in [9.17, 15) is 9.59 Å². The fourth-order valence-corrected chi connectivity index (χ4v) is 3.59. The highest BCUT2D eigenvalue weighted by Gasteiger charge is 2.47. The smallest absolute Gasteiger partial charge is 0.278 e. The third kappa shape index (κ3) is 2.72. The maximum Gasteiger partial charge on any atom is 0.278 e. The van der Waals surface area contributed by atoms with Gasteiger partial charge in [-0.15, -0.1) is 0 Å². The summed E-state index contributed by atoms with van der Waals surface area (Å²) in [6, 6.07) is 7.25. The molecule has 2 aliphatic heterocycles. The van der Waals surface area contributed by atoms with E-state index in [1.165, 1.54) is 6.92 Å². The van der Waals surface area contributed by atoms with Gasteiger partial charge in [-0.1, -0.05) is 12.1 Å². The minimum Gasteiger partial charge on any atom is -0.466 e. The van der Waals surface area contributed by atoms with Gasteiger partial charge in [-0.3, -0.25) is 9.59 Å². The molecule has 0 radical (unpaired) electrons. The van der Waals surface area contributed by atoms with Gasteiger partial charge in [-0.25, -0.2) is 0 Å². The summed E-state index contributed by atoms with van der Waals surface area (Å²) < 4.78 is 5.71. The number of ether oxygens (including phenoxy) is 1. The first-order valence-corrected chi connectivity index (χ1v) is 8.23. The van der Waals surface area contributed by atoms with Crippen LogP contribution in [0, 0.1) is 0 Å². The normalized spacial score (nSPS) is 25.5. The van der Waals surface area contributed by atoms with Crippen LogP contribution >= 0.6 is 11.8 Å². The number of hydrogen-bond acceptors (Lipinski definition) is 4. The van der Waals surface area contributed by atoms with E-state index < -0.39 is 11.5 Å². The van der Waals surface area contributed by atoms with E-state index in [0.29, 0.717) is 11.4 Å². The number of fused-ring (bicyclic) bond motifs is 1. The maximum atomic E-state index is 12.5. The Morgan fingerprint density at radius 2 is 2.10 bits per heavy atom. The van der Waals surface area contributed by atoms with Gasteiger partial charge in [0.1, 0.15) is 5.75 Å². The lowest BCUT2D eigenvalue weighted by molar-refractivity contribution is -0.147. The topological polar surface area (TPSA) is 67.4 Å². The van der Waals surface area contributed by atoms with E-state index in [2.05, 4.69) is 10.6 Å². The number of carbonyl (C=O) groups is 2. The van der Waals surface area contributed by atoms with Crippen LogP contribution in [0.2, 0.25) is 0 Å². The minimum absolute atomic E-state index is 0.129. The second-order valence-corrected chi connectivity index (χ2v) is 6.67. The van der Waals surface area contributed by atoms with Crippen molar-refractivity contribution >= 4 is 29.3 Å². The molecule has 1 aromatic rings. The number of para-hydroxylation sites is 2. The van der Waals surface area contributed by atoms with E-state index >= 15 is 0 Å². The summed E-state index contributed by atoms with van der Waals surface area (Å²) in [5.74, 6) is 1.80. The largest absolute Gasteiger partial charge is 0.466 e. The van der Waals surface area contributed by atoms with Crippen LogP contribution in [0.1, 0.15) is 19.8 Å². The first kappa shape index (κ1) is 14.3. The van der Waals surface area contributed by atoms with E-state index in [1.807, 2.05) is 23.9 Å². The average Bonchev–Trinajstić information content (AvgIpc) is 2.49. The van der Waals surface area contributed by atoms with Crippen LogP contribution in [0.4, 0.5) is 5.69 Å². The van der Waals surface area contributed by atoms with Crippen LogP contribution in [-0.4, -0.2) is 35.0 Å². The van der Waals surface area contributed by atoms with Crippen molar-refractivity contribution in [3.8, 4) is 5.75 Å². The molecule has 1 fully saturated rings. The van der Waals surface area contributed by atoms with Crippen molar-refractivity contribution in [2.75, 3.05) is 16.8 Å². The predicted octanol–water partition coefficient (Wildman–Crippen LogP) is 1.79. The van der Waals surface area contributed by atoms with Crippen LogP contribution < -0.4 is 15.4 Å². The molecule has 2 amide bonds. The van der Waals surface area contributed by atoms with Crippen molar-refractivity contribution in [2.45, 2.75) is 31.4 Å². The summed E-state index contributed by atoms with van der Waals surface area (Å²) in [5, 5.41) is 5.69. The summed E-state index contributed by atoms with van der Waals surface area (Å²) in [6.45, 7) is 1.52. The van der Waals surface area contributed by atoms with Crippen LogP contribution in [0.25, 0.3) is 0 Å². The highest BCUT2D eigenvalue weighted by molar-refractivity contribution is 7.99. The van der Waals surface area contributed by atoms with Gasteiger partial charge in [-0.05, 0) is 43.4 Å². The zero-order valence-corrected chi connectivity index (χ0v) is 12.7. The summed E-state index contributed by atoms with van der Waals surface area (Å²) in [5.41, 5.74) is -0.916. The number of nitrogens with one attached hydrogen (secondary N) is 2. The van der Waals surface area contributed by atoms with Gasteiger partial charge in [0.25, 0.3) is 17.4 Å². The molecule has 1 saturated heterocycles. The molecular weight excluding hydrogens is 288 g/mol. The van der Waals surface area contributed by atoms with E-state index in [1.54, 1.807) is 12.1 Å². The molecule has 0 spiro atoms. The molecule has 0 aliphatic carbocycles. The molecule has 3 rings (SSSR count). The van der Waals surface area contributed by atoms with Gasteiger partial charge < -0.3 is 15.4 Å². The Morgan fingerprint density at radius 1 is 1.38 bits per heavy atom. The second kappa shape index (κ2) is 5.60. The van der Waals surface area contributed by atoms with Crippen molar-refractivity contribution in [1.82, 2.24) is 5.32 Å². The Bertz CT molecular complexity index is 572. The molecule has 2 aliphatic rings. The summed E-state index contributed by atoms with van der Waals surface area (Å²) >= 11 is 1.89. The lowest BCUT2D eigenvalue weighted by atomic mass is 10.0. The fraction of sp³-hybridized carbons (Fsp3) is 0.467. The van der Waals surface area contributed by atoms with Gasteiger partial charge in [0.05, 0.1) is 5.69 Å². The third-order valence-corrected chi connectivity index (χ3v) is 4.92. The predicted molar refractivity (Wildman–Crippen MR) is 82.6 cm³/mol. The van der Waals surface area contributed by atoms with Gasteiger partial charge in [-0.2, -0.15) is 11.8 Å². The Kier molecular flexibility index (Phi) is 3.80. The van der Waals surface area contributed by atoms with E-state index in [0.717, 1.165) is 24.3 Å². The first-order chi connectivity index (χ1) is 10.1. The third-order valence-electron chi connectivity index (χ3n) is 3.87. The highest BCUT2D eigenvalue weighted by atomic mass is 32.2. The number of rotatable bonds is 2. The number of amides is 2. The summed E-state index contributed by atoms with van der Waals surface area (Å²) in [7, 11) is 0. The lowest BCUT2D eigenvalue weighted by Gasteiger charge is -2.35. The van der Waals surface area contributed by atoms with Crippen molar-refractivity contribution in [3.05, 3.63) is 24.3 Å². The van der Waals surface area contributed by atoms with E-state index in [-0.39, 0.29) is 11.9 Å². The summed E-state index contributed by atoms with van der Waals surface area (Å²) in [6.07, 6.45) is 1.87. The van der Waals surface area contributed by atoms with Gasteiger partial charge >= 0.3 is 0 Å². The lowest BCUT2D eigenvalue weighted by Crippen LogP contribution is -2.60. The van der Waals surface area contributed by atoms with E-state index in [4.69, 9.17) is 4.74 Å².